The number of pyridine rings is 1. The minimum atomic E-state index is -0.203. The fourth-order valence-electron chi connectivity index (χ4n) is 4.82. The average Bonchev–Trinajstić information content (AvgIpc) is 3.68. The Morgan fingerprint density at radius 3 is 2.81 bits per heavy atom. The van der Waals surface area contributed by atoms with Gasteiger partial charge in [0, 0.05) is 23.9 Å². The van der Waals surface area contributed by atoms with E-state index in [9.17, 15) is 4.79 Å². The number of nitrogens with zero attached hydrogens (tertiary/aromatic N) is 5. The second kappa shape index (κ2) is 9.53. The van der Waals surface area contributed by atoms with Gasteiger partial charge in [-0.25, -0.2) is 14.6 Å². The van der Waals surface area contributed by atoms with Gasteiger partial charge < -0.3 is 10.1 Å². The molecule has 1 amide bonds. The minimum absolute atomic E-state index is 0.162. The van der Waals surface area contributed by atoms with E-state index in [-0.39, 0.29) is 17.9 Å². The van der Waals surface area contributed by atoms with E-state index in [1.165, 1.54) is 5.56 Å². The molecule has 1 aromatic carbocycles. The zero-order valence-corrected chi connectivity index (χ0v) is 20.2. The van der Waals surface area contributed by atoms with Crippen LogP contribution in [0.5, 0.6) is 5.75 Å². The van der Waals surface area contributed by atoms with Gasteiger partial charge in [-0.3, -0.25) is 9.78 Å². The highest BCUT2D eigenvalue weighted by atomic mass is 16.5. The molecule has 4 aromatic rings. The van der Waals surface area contributed by atoms with Gasteiger partial charge >= 0.3 is 0 Å². The molecule has 3 heterocycles. The molecule has 2 aliphatic carbocycles. The SMILES string of the molecule is C[C@@H](CNC(=O)c1cnn(-c2ncc3c(n2)-c2ccccc2CCC3)c1C1CC1)Oc1cccnc1. The summed E-state index contributed by atoms with van der Waals surface area (Å²) in [5, 5.41) is 7.58. The number of hydrogen-bond donors (Lipinski definition) is 1. The first-order valence-electron chi connectivity index (χ1n) is 12.5. The van der Waals surface area contributed by atoms with E-state index in [0.29, 0.717) is 23.8 Å². The molecule has 1 N–H and O–H groups in total. The van der Waals surface area contributed by atoms with Crippen LogP contribution in [0.15, 0.2) is 61.2 Å². The Labute approximate surface area is 209 Å². The predicted molar refractivity (Wildman–Crippen MR) is 135 cm³/mol. The van der Waals surface area contributed by atoms with Crippen molar-refractivity contribution in [3.05, 3.63) is 83.6 Å². The minimum Gasteiger partial charge on any atom is -0.487 e. The van der Waals surface area contributed by atoms with Crippen molar-refractivity contribution in [1.29, 1.82) is 0 Å². The van der Waals surface area contributed by atoms with Crippen LogP contribution in [0.1, 0.15) is 59.3 Å². The van der Waals surface area contributed by atoms with Crippen molar-refractivity contribution in [2.75, 3.05) is 6.54 Å². The fraction of sp³-hybridized carbons (Fsp3) is 0.321. The maximum atomic E-state index is 13.2. The van der Waals surface area contributed by atoms with E-state index >= 15 is 0 Å². The Hall–Kier alpha value is -4.07. The summed E-state index contributed by atoms with van der Waals surface area (Å²) >= 11 is 0. The predicted octanol–water partition coefficient (Wildman–Crippen LogP) is 4.29. The number of nitrogens with one attached hydrogen (secondary N) is 1. The van der Waals surface area contributed by atoms with Gasteiger partial charge in [0.1, 0.15) is 11.9 Å². The van der Waals surface area contributed by atoms with Crippen molar-refractivity contribution in [2.45, 2.75) is 51.0 Å². The van der Waals surface area contributed by atoms with E-state index in [4.69, 9.17) is 9.72 Å². The normalized spacial score (nSPS) is 15.4. The van der Waals surface area contributed by atoms with Crippen molar-refractivity contribution in [3.63, 3.8) is 0 Å². The van der Waals surface area contributed by atoms with Gasteiger partial charge in [0.2, 0.25) is 0 Å². The average molecular weight is 481 g/mol. The second-order valence-electron chi connectivity index (χ2n) is 9.51. The number of aromatic nitrogens is 5. The Morgan fingerprint density at radius 1 is 1.11 bits per heavy atom. The van der Waals surface area contributed by atoms with Gasteiger partial charge in [-0.2, -0.15) is 5.10 Å². The maximum Gasteiger partial charge on any atom is 0.254 e. The van der Waals surface area contributed by atoms with Gasteiger partial charge in [-0.1, -0.05) is 24.3 Å². The van der Waals surface area contributed by atoms with Crippen molar-refractivity contribution < 1.29 is 9.53 Å². The summed E-state index contributed by atoms with van der Waals surface area (Å²) in [6, 6.07) is 12.1. The van der Waals surface area contributed by atoms with Gasteiger partial charge in [0.25, 0.3) is 11.9 Å². The highest BCUT2D eigenvalue weighted by molar-refractivity contribution is 5.95. The lowest BCUT2D eigenvalue weighted by molar-refractivity contribution is 0.0931. The molecular formula is C28H28N6O2. The molecule has 1 saturated carbocycles. The van der Waals surface area contributed by atoms with Crippen molar-refractivity contribution in [1.82, 2.24) is 30.0 Å². The molecule has 1 atom stereocenters. The quantitative estimate of drug-likeness (QED) is 0.424. The van der Waals surface area contributed by atoms with E-state index in [1.807, 2.05) is 25.3 Å². The zero-order valence-electron chi connectivity index (χ0n) is 20.2. The number of benzene rings is 1. The number of hydrogen-bond acceptors (Lipinski definition) is 6. The molecule has 182 valence electrons. The summed E-state index contributed by atoms with van der Waals surface area (Å²) in [4.78, 5) is 26.9. The molecule has 2 aliphatic rings. The van der Waals surface area contributed by atoms with Crippen LogP contribution in [-0.2, 0) is 12.8 Å². The van der Waals surface area contributed by atoms with Gasteiger partial charge in [-0.05, 0) is 62.3 Å². The zero-order chi connectivity index (χ0) is 24.5. The van der Waals surface area contributed by atoms with Crippen LogP contribution in [0.2, 0.25) is 0 Å². The van der Waals surface area contributed by atoms with Crippen LogP contribution < -0.4 is 10.1 Å². The van der Waals surface area contributed by atoms with Crippen LogP contribution >= 0.6 is 0 Å². The maximum absolute atomic E-state index is 13.2. The molecule has 0 unspecified atom stereocenters. The molecule has 8 nitrogen and oxygen atoms in total. The Morgan fingerprint density at radius 2 is 1.97 bits per heavy atom. The molecule has 0 radical (unpaired) electrons. The monoisotopic (exact) mass is 480 g/mol. The van der Waals surface area contributed by atoms with Crippen molar-refractivity contribution in [2.24, 2.45) is 0 Å². The summed E-state index contributed by atoms with van der Waals surface area (Å²) in [6.45, 7) is 2.29. The van der Waals surface area contributed by atoms with E-state index < -0.39 is 0 Å². The van der Waals surface area contributed by atoms with Crippen LogP contribution in [0.25, 0.3) is 17.2 Å². The largest absolute Gasteiger partial charge is 0.487 e. The number of carbonyl (C=O) groups is 1. The highest BCUT2D eigenvalue weighted by Gasteiger charge is 2.34. The van der Waals surface area contributed by atoms with Crippen LogP contribution in [0, 0.1) is 0 Å². The second-order valence-corrected chi connectivity index (χ2v) is 9.51. The Balaban J connectivity index is 1.26. The molecule has 0 aliphatic heterocycles. The number of fused-ring (bicyclic) bond motifs is 3. The molecule has 0 bridgehead atoms. The van der Waals surface area contributed by atoms with Gasteiger partial charge in [-0.15, -0.1) is 0 Å². The lowest BCUT2D eigenvalue weighted by Gasteiger charge is -2.15. The summed E-state index contributed by atoms with van der Waals surface area (Å²) in [7, 11) is 0. The summed E-state index contributed by atoms with van der Waals surface area (Å²) in [5.74, 6) is 1.31. The number of rotatable bonds is 7. The van der Waals surface area contributed by atoms with Gasteiger partial charge in [0.15, 0.2) is 0 Å². The molecule has 6 rings (SSSR count). The van der Waals surface area contributed by atoms with E-state index in [0.717, 1.165) is 54.6 Å². The van der Waals surface area contributed by atoms with Crippen LogP contribution in [0.4, 0.5) is 0 Å². The Bertz CT molecular complexity index is 1400. The molecule has 0 spiro atoms. The van der Waals surface area contributed by atoms with E-state index in [1.54, 1.807) is 23.3 Å². The summed E-state index contributed by atoms with van der Waals surface area (Å²) < 4.78 is 7.60. The first kappa shape index (κ1) is 22.4. The topological polar surface area (TPSA) is 94.8 Å². The molecule has 3 aromatic heterocycles. The number of amides is 1. The first-order valence-corrected chi connectivity index (χ1v) is 12.5. The number of carbonyl (C=O) groups excluding carboxylic acids is 1. The molecule has 36 heavy (non-hydrogen) atoms. The van der Waals surface area contributed by atoms with E-state index in [2.05, 4.69) is 44.6 Å². The van der Waals surface area contributed by atoms with Crippen LogP contribution in [0.3, 0.4) is 0 Å². The summed E-state index contributed by atoms with van der Waals surface area (Å²) in [5.41, 5.74) is 6.06. The van der Waals surface area contributed by atoms with Crippen molar-refractivity contribution >= 4 is 5.91 Å². The molecular weight excluding hydrogens is 452 g/mol. The molecule has 1 fully saturated rings. The van der Waals surface area contributed by atoms with Crippen LogP contribution in [-0.4, -0.2) is 43.3 Å². The lowest BCUT2D eigenvalue weighted by atomic mass is 10.0. The van der Waals surface area contributed by atoms with Crippen molar-refractivity contribution in [3.8, 4) is 23.0 Å². The summed E-state index contributed by atoms with van der Waals surface area (Å²) in [6.07, 6.45) is 11.8. The third-order valence-electron chi connectivity index (χ3n) is 6.74. The van der Waals surface area contributed by atoms with Gasteiger partial charge in [0.05, 0.1) is 35.9 Å². The molecule has 8 heteroatoms. The highest BCUT2D eigenvalue weighted by Crippen LogP contribution is 2.42. The Kier molecular flexibility index (Phi) is 5.93. The first-order chi connectivity index (χ1) is 17.7. The number of ether oxygens (including phenoxy) is 1. The third kappa shape index (κ3) is 4.46. The fourth-order valence-corrected chi connectivity index (χ4v) is 4.82. The smallest absolute Gasteiger partial charge is 0.254 e. The standard InChI is InChI=1S/C28H28N6O2/c1-18(36-22-9-5-13-29-16-22)14-30-27(35)24-17-32-34(26(24)20-11-12-20)28-31-15-21-8-4-7-19-6-2-3-10-23(19)25(21)33-28/h2-3,5-6,9-10,13,15-18,20H,4,7-8,11-12,14H2,1H3,(H,30,35)/t18-/m0/s1. The lowest BCUT2D eigenvalue weighted by Crippen LogP contribution is -2.34. The third-order valence-corrected chi connectivity index (χ3v) is 6.74. The molecule has 0 saturated heterocycles. The number of aryl methyl sites for hydroxylation is 2.